The van der Waals surface area contributed by atoms with Crippen molar-refractivity contribution < 1.29 is 23.8 Å². The van der Waals surface area contributed by atoms with Crippen LogP contribution in [0.5, 0.6) is 11.5 Å². The number of benzene rings is 2. The molecule has 7 nitrogen and oxygen atoms in total. The fraction of sp³-hybridized carbons (Fsp3) is 0.261. The van der Waals surface area contributed by atoms with E-state index >= 15 is 0 Å². The van der Waals surface area contributed by atoms with Crippen LogP contribution in [0.2, 0.25) is 0 Å². The number of aromatic nitrogens is 1. The van der Waals surface area contributed by atoms with Gasteiger partial charge in [0.25, 0.3) is 5.91 Å². The molecule has 3 aromatic rings. The van der Waals surface area contributed by atoms with Gasteiger partial charge >= 0.3 is 5.97 Å². The number of carbonyl (C=O) groups is 2. The minimum Gasteiger partial charge on any atom is -0.497 e. The van der Waals surface area contributed by atoms with Crippen molar-refractivity contribution in [3.05, 3.63) is 59.3 Å². The van der Waals surface area contributed by atoms with Crippen molar-refractivity contribution in [2.75, 3.05) is 26.1 Å². The third-order valence-corrected chi connectivity index (χ3v) is 5.09. The van der Waals surface area contributed by atoms with E-state index in [1.165, 1.54) is 14.2 Å². The SMILES string of the molecule is COc1cc(NC(=O)COC(=O)c2c3c(nc4ccccc24)CCC3)cc(OC)c1. The first kappa shape index (κ1) is 19.7. The summed E-state index contributed by atoms with van der Waals surface area (Å²) in [6.45, 7) is -0.399. The van der Waals surface area contributed by atoms with Crippen LogP contribution in [-0.2, 0) is 22.4 Å². The highest BCUT2D eigenvalue weighted by atomic mass is 16.5. The predicted octanol–water partition coefficient (Wildman–Crippen LogP) is 3.54. The number of fused-ring (bicyclic) bond motifs is 2. The van der Waals surface area contributed by atoms with Gasteiger partial charge in [-0.2, -0.15) is 0 Å². The monoisotopic (exact) mass is 406 g/mol. The van der Waals surface area contributed by atoms with E-state index in [0.717, 1.165) is 41.4 Å². The van der Waals surface area contributed by atoms with Crippen LogP contribution in [-0.4, -0.2) is 37.7 Å². The molecule has 0 unspecified atom stereocenters. The molecule has 1 aliphatic rings. The van der Waals surface area contributed by atoms with Crippen LogP contribution in [0.3, 0.4) is 0 Å². The lowest BCUT2D eigenvalue weighted by atomic mass is 10.0. The molecule has 2 aromatic carbocycles. The zero-order valence-corrected chi connectivity index (χ0v) is 16.9. The van der Waals surface area contributed by atoms with Crippen LogP contribution in [0, 0.1) is 0 Å². The number of para-hydroxylation sites is 1. The molecule has 1 heterocycles. The molecule has 30 heavy (non-hydrogen) atoms. The van der Waals surface area contributed by atoms with Gasteiger partial charge in [-0.05, 0) is 30.9 Å². The molecule has 154 valence electrons. The topological polar surface area (TPSA) is 86.8 Å². The number of anilines is 1. The molecular weight excluding hydrogens is 384 g/mol. The Morgan fingerprint density at radius 1 is 1.03 bits per heavy atom. The lowest BCUT2D eigenvalue weighted by molar-refractivity contribution is -0.119. The van der Waals surface area contributed by atoms with E-state index in [4.69, 9.17) is 14.2 Å². The maximum atomic E-state index is 12.9. The summed E-state index contributed by atoms with van der Waals surface area (Å²) in [4.78, 5) is 29.9. The van der Waals surface area contributed by atoms with Crippen LogP contribution in [0.25, 0.3) is 10.9 Å². The zero-order chi connectivity index (χ0) is 21.1. The summed E-state index contributed by atoms with van der Waals surface area (Å²) in [5.74, 6) is 0.125. The Morgan fingerprint density at radius 3 is 2.50 bits per heavy atom. The molecule has 1 aliphatic carbocycles. The third kappa shape index (κ3) is 3.91. The minimum atomic E-state index is -0.509. The van der Waals surface area contributed by atoms with Crippen LogP contribution in [0.15, 0.2) is 42.5 Å². The van der Waals surface area contributed by atoms with Gasteiger partial charge in [0.1, 0.15) is 11.5 Å². The molecule has 0 atom stereocenters. The molecule has 0 spiro atoms. The van der Waals surface area contributed by atoms with Gasteiger partial charge in [0.05, 0.1) is 25.3 Å². The van der Waals surface area contributed by atoms with E-state index in [-0.39, 0.29) is 0 Å². The Morgan fingerprint density at radius 2 is 1.77 bits per heavy atom. The summed E-state index contributed by atoms with van der Waals surface area (Å²) in [6, 6.07) is 12.5. The molecule has 1 N–H and O–H groups in total. The first-order chi connectivity index (χ1) is 14.6. The smallest absolute Gasteiger partial charge is 0.339 e. The van der Waals surface area contributed by atoms with Crippen molar-refractivity contribution in [3.63, 3.8) is 0 Å². The normalized spacial score (nSPS) is 12.3. The molecule has 0 saturated carbocycles. The maximum Gasteiger partial charge on any atom is 0.339 e. The third-order valence-electron chi connectivity index (χ3n) is 5.09. The van der Waals surface area contributed by atoms with E-state index in [2.05, 4.69) is 10.3 Å². The molecule has 0 fully saturated rings. The number of amides is 1. The maximum absolute atomic E-state index is 12.9. The number of aryl methyl sites for hydroxylation is 1. The number of nitrogens with one attached hydrogen (secondary N) is 1. The number of ether oxygens (including phenoxy) is 3. The lowest BCUT2D eigenvalue weighted by Crippen LogP contribution is -2.21. The number of pyridine rings is 1. The van der Waals surface area contributed by atoms with Crippen molar-refractivity contribution in [1.29, 1.82) is 0 Å². The second-order valence-corrected chi connectivity index (χ2v) is 7.01. The highest BCUT2D eigenvalue weighted by Crippen LogP contribution is 2.30. The molecule has 0 bridgehead atoms. The van der Waals surface area contributed by atoms with Gasteiger partial charge < -0.3 is 19.5 Å². The molecule has 0 saturated heterocycles. The number of rotatable bonds is 6. The molecular formula is C23H22N2O5. The minimum absolute atomic E-state index is 0.399. The first-order valence-corrected chi connectivity index (χ1v) is 9.69. The fourth-order valence-electron chi connectivity index (χ4n) is 3.72. The van der Waals surface area contributed by atoms with Gasteiger partial charge in [-0.3, -0.25) is 9.78 Å². The summed E-state index contributed by atoms with van der Waals surface area (Å²) in [5, 5.41) is 3.45. The first-order valence-electron chi connectivity index (χ1n) is 9.69. The molecule has 1 amide bonds. The van der Waals surface area contributed by atoms with E-state index in [9.17, 15) is 9.59 Å². The summed E-state index contributed by atoms with van der Waals surface area (Å²) in [7, 11) is 3.05. The number of esters is 1. The summed E-state index contributed by atoms with van der Waals surface area (Å²) < 4.78 is 15.8. The van der Waals surface area contributed by atoms with Crippen LogP contribution in [0.1, 0.15) is 28.0 Å². The van der Waals surface area contributed by atoms with Gasteiger partial charge in [0, 0.05) is 35.0 Å². The predicted molar refractivity (Wildman–Crippen MR) is 112 cm³/mol. The number of carbonyl (C=O) groups excluding carboxylic acids is 2. The number of methoxy groups -OCH3 is 2. The quantitative estimate of drug-likeness (QED) is 0.630. The van der Waals surface area contributed by atoms with Gasteiger partial charge in [-0.1, -0.05) is 18.2 Å². The second kappa shape index (κ2) is 8.41. The van der Waals surface area contributed by atoms with E-state index < -0.39 is 18.5 Å². The van der Waals surface area contributed by atoms with E-state index in [1.807, 2.05) is 24.3 Å². The lowest BCUT2D eigenvalue weighted by Gasteiger charge is -2.13. The number of nitrogens with zero attached hydrogens (tertiary/aromatic N) is 1. The average molecular weight is 406 g/mol. The Kier molecular flexibility index (Phi) is 5.52. The molecule has 7 heteroatoms. The number of hydrogen-bond acceptors (Lipinski definition) is 6. The standard InChI is InChI=1S/C23H22N2O5/c1-28-15-10-14(11-16(12-15)29-2)24-21(26)13-30-23(27)22-17-6-3-4-8-19(17)25-20-9-5-7-18(20)22/h3-4,6,8,10-12H,5,7,9,13H2,1-2H3,(H,24,26). The van der Waals surface area contributed by atoms with Crippen molar-refractivity contribution in [2.45, 2.75) is 19.3 Å². The zero-order valence-electron chi connectivity index (χ0n) is 16.9. The molecule has 1 aromatic heterocycles. The Balaban J connectivity index is 1.50. The van der Waals surface area contributed by atoms with Crippen molar-refractivity contribution in [3.8, 4) is 11.5 Å². The molecule has 4 rings (SSSR count). The van der Waals surface area contributed by atoms with E-state index in [1.54, 1.807) is 18.2 Å². The van der Waals surface area contributed by atoms with Gasteiger partial charge in [-0.25, -0.2) is 4.79 Å². The highest BCUT2D eigenvalue weighted by molar-refractivity contribution is 6.06. The number of hydrogen-bond donors (Lipinski definition) is 1. The Labute approximate surface area is 174 Å². The van der Waals surface area contributed by atoms with Crippen molar-refractivity contribution in [2.24, 2.45) is 0 Å². The van der Waals surface area contributed by atoms with E-state index in [0.29, 0.717) is 22.7 Å². The summed E-state index contributed by atoms with van der Waals surface area (Å²) in [5.41, 5.74) is 3.63. The summed E-state index contributed by atoms with van der Waals surface area (Å²) >= 11 is 0. The largest absolute Gasteiger partial charge is 0.497 e. The molecule has 0 aliphatic heterocycles. The molecule has 0 radical (unpaired) electrons. The fourth-order valence-corrected chi connectivity index (χ4v) is 3.72. The average Bonchev–Trinajstić information content (AvgIpc) is 3.23. The summed E-state index contributed by atoms with van der Waals surface area (Å²) in [6.07, 6.45) is 2.59. The van der Waals surface area contributed by atoms with Gasteiger partial charge in [0.15, 0.2) is 6.61 Å². The Bertz CT molecular complexity index is 1100. The second-order valence-electron chi connectivity index (χ2n) is 7.01. The van der Waals surface area contributed by atoms with Gasteiger partial charge in [-0.15, -0.1) is 0 Å². The highest BCUT2D eigenvalue weighted by Gasteiger charge is 2.25. The Hall–Kier alpha value is -3.61. The van der Waals surface area contributed by atoms with Crippen LogP contribution < -0.4 is 14.8 Å². The van der Waals surface area contributed by atoms with Crippen LogP contribution >= 0.6 is 0 Å². The van der Waals surface area contributed by atoms with Gasteiger partial charge in [0.2, 0.25) is 0 Å². The van der Waals surface area contributed by atoms with Crippen molar-refractivity contribution in [1.82, 2.24) is 4.98 Å². The van der Waals surface area contributed by atoms with Crippen molar-refractivity contribution >= 4 is 28.5 Å². The van der Waals surface area contributed by atoms with Crippen LogP contribution in [0.4, 0.5) is 5.69 Å².